The van der Waals surface area contributed by atoms with Crippen molar-refractivity contribution in [1.82, 2.24) is 9.97 Å². The van der Waals surface area contributed by atoms with Crippen molar-refractivity contribution in [3.8, 4) is 16.6 Å². The summed E-state index contributed by atoms with van der Waals surface area (Å²) in [5.41, 5.74) is 1.17. The number of aromatic amines is 1. The smallest absolute Gasteiger partial charge is 0.167 e. The number of nitrogens with zero attached hydrogens (tertiary/aromatic N) is 2. The number of nitriles is 1. The van der Waals surface area contributed by atoms with Crippen molar-refractivity contribution in [3.05, 3.63) is 28.0 Å². The van der Waals surface area contributed by atoms with E-state index in [9.17, 15) is 0 Å². The fourth-order valence-electron chi connectivity index (χ4n) is 1.20. The van der Waals surface area contributed by atoms with Gasteiger partial charge in [-0.1, -0.05) is 11.6 Å². The summed E-state index contributed by atoms with van der Waals surface area (Å²) in [7, 11) is 0. The van der Waals surface area contributed by atoms with E-state index in [1.165, 1.54) is 11.3 Å². The van der Waals surface area contributed by atoms with Gasteiger partial charge in [0.25, 0.3) is 0 Å². The lowest BCUT2D eigenvalue weighted by Gasteiger charge is -1.90. The molecule has 0 saturated carbocycles. The Labute approximate surface area is 90.0 Å². The van der Waals surface area contributed by atoms with Gasteiger partial charge in [0.2, 0.25) is 0 Å². The van der Waals surface area contributed by atoms with Gasteiger partial charge in [0.15, 0.2) is 5.69 Å². The van der Waals surface area contributed by atoms with Crippen molar-refractivity contribution < 1.29 is 0 Å². The largest absolute Gasteiger partial charge is 0.340 e. The lowest BCUT2D eigenvalue weighted by molar-refractivity contribution is 1.14. The molecule has 70 valence electrons. The maximum absolute atomic E-state index is 8.84. The summed E-state index contributed by atoms with van der Waals surface area (Å²) in [6.45, 7) is 1.82. The van der Waals surface area contributed by atoms with E-state index in [4.69, 9.17) is 16.9 Å². The number of halogens is 1. The van der Waals surface area contributed by atoms with Crippen LogP contribution in [0.15, 0.2) is 12.1 Å². The molecule has 2 heterocycles. The Morgan fingerprint density at radius 2 is 2.36 bits per heavy atom. The Kier molecular flexibility index (Phi) is 2.28. The minimum atomic E-state index is 0.418. The number of hydrogen-bond acceptors (Lipinski definition) is 3. The zero-order chi connectivity index (χ0) is 10.1. The van der Waals surface area contributed by atoms with Crippen molar-refractivity contribution >= 4 is 22.9 Å². The van der Waals surface area contributed by atoms with Crippen LogP contribution in [-0.2, 0) is 0 Å². The van der Waals surface area contributed by atoms with Crippen molar-refractivity contribution in [2.75, 3.05) is 0 Å². The van der Waals surface area contributed by atoms with Gasteiger partial charge in [0.1, 0.15) is 11.9 Å². The topological polar surface area (TPSA) is 52.5 Å². The van der Waals surface area contributed by atoms with Crippen LogP contribution >= 0.6 is 22.9 Å². The average Bonchev–Trinajstić information content (AvgIpc) is 2.71. The van der Waals surface area contributed by atoms with E-state index >= 15 is 0 Å². The van der Waals surface area contributed by atoms with E-state index in [-0.39, 0.29) is 0 Å². The molecule has 0 fully saturated rings. The molecule has 0 unspecified atom stereocenters. The first-order valence-electron chi connectivity index (χ1n) is 3.93. The molecule has 5 heteroatoms. The Morgan fingerprint density at radius 3 is 2.93 bits per heavy atom. The lowest BCUT2D eigenvalue weighted by Crippen LogP contribution is -1.77. The third-order valence-corrected chi connectivity index (χ3v) is 3.00. The summed E-state index contributed by atoms with van der Waals surface area (Å²) in [6, 6.07) is 5.73. The van der Waals surface area contributed by atoms with Crippen molar-refractivity contribution in [3.63, 3.8) is 0 Å². The summed E-state index contributed by atoms with van der Waals surface area (Å²) in [6.07, 6.45) is 0. The summed E-state index contributed by atoms with van der Waals surface area (Å²) in [4.78, 5) is 8.04. The Balaban J connectivity index is 2.56. The third kappa shape index (κ3) is 1.52. The summed E-state index contributed by atoms with van der Waals surface area (Å²) in [5, 5.41) is 8.84. The van der Waals surface area contributed by atoms with Crippen LogP contribution in [0.25, 0.3) is 10.6 Å². The molecule has 0 aliphatic heterocycles. The first kappa shape index (κ1) is 9.25. The van der Waals surface area contributed by atoms with Crippen molar-refractivity contribution in [1.29, 1.82) is 5.26 Å². The molecule has 2 aromatic heterocycles. The molecule has 0 aliphatic carbocycles. The zero-order valence-electron chi connectivity index (χ0n) is 7.34. The Bertz CT molecular complexity index is 506. The Hall–Kier alpha value is -1.31. The predicted molar refractivity (Wildman–Crippen MR) is 56.4 cm³/mol. The second-order valence-corrected chi connectivity index (χ2v) is 4.48. The van der Waals surface area contributed by atoms with Crippen LogP contribution in [0.1, 0.15) is 11.5 Å². The molecular formula is C9H6ClN3S. The number of aryl methyl sites for hydroxylation is 1. The van der Waals surface area contributed by atoms with Crippen molar-refractivity contribution in [2.45, 2.75) is 6.92 Å². The molecule has 0 atom stereocenters. The van der Waals surface area contributed by atoms with E-state index in [1.807, 2.05) is 19.1 Å². The molecule has 0 spiro atoms. The van der Waals surface area contributed by atoms with Crippen LogP contribution in [0.5, 0.6) is 0 Å². The van der Waals surface area contributed by atoms with E-state index < -0.39 is 0 Å². The van der Waals surface area contributed by atoms with Crippen LogP contribution in [0, 0.1) is 18.3 Å². The molecule has 3 nitrogen and oxygen atoms in total. The number of rotatable bonds is 1. The molecule has 0 radical (unpaired) electrons. The van der Waals surface area contributed by atoms with E-state index in [0.29, 0.717) is 10.0 Å². The monoisotopic (exact) mass is 223 g/mol. The number of H-pyrrole nitrogens is 1. The third-order valence-electron chi connectivity index (χ3n) is 1.75. The average molecular weight is 224 g/mol. The molecule has 0 aliphatic rings. The molecule has 14 heavy (non-hydrogen) atoms. The lowest BCUT2D eigenvalue weighted by atomic mass is 10.3. The quantitative estimate of drug-likeness (QED) is 0.808. The van der Waals surface area contributed by atoms with Crippen molar-refractivity contribution in [2.24, 2.45) is 0 Å². The van der Waals surface area contributed by atoms with E-state index in [2.05, 4.69) is 9.97 Å². The number of imidazole rings is 1. The SMILES string of the molecule is Cc1nc(C#N)c(-c2ccc(Cl)s2)[nH]1. The zero-order valence-corrected chi connectivity index (χ0v) is 8.91. The highest BCUT2D eigenvalue weighted by atomic mass is 35.5. The number of aromatic nitrogens is 2. The van der Waals surface area contributed by atoms with Gasteiger partial charge >= 0.3 is 0 Å². The van der Waals surface area contributed by atoms with Gasteiger partial charge in [0.05, 0.1) is 14.9 Å². The molecule has 0 aromatic carbocycles. The highest BCUT2D eigenvalue weighted by molar-refractivity contribution is 7.19. The van der Waals surface area contributed by atoms with Crippen LogP contribution in [-0.4, -0.2) is 9.97 Å². The van der Waals surface area contributed by atoms with Crippen LogP contribution in [0.2, 0.25) is 4.34 Å². The summed E-state index contributed by atoms with van der Waals surface area (Å²) >= 11 is 7.24. The number of thiophene rings is 1. The molecule has 0 saturated heterocycles. The fraction of sp³-hybridized carbons (Fsp3) is 0.111. The molecule has 2 aromatic rings. The van der Waals surface area contributed by atoms with Gasteiger partial charge < -0.3 is 4.98 Å². The van der Waals surface area contributed by atoms with Gasteiger partial charge in [0, 0.05) is 0 Å². The minimum Gasteiger partial charge on any atom is -0.340 e. The normalized spacial score (nSPS) is 10.1. The van der Waals surface area contributed by atoms with Gasteiger partial charge in [-0.15, -0.1) is 11.3 Å². The second-order valence-electron chi connectivity index (χ2n) is 2.76. The first-order valence-corrected chi connectivity index (χ1v) is 5.12. The highest BCUT2D eigenvalue weighted by Gasteiger charge is 2.11. The molecule has 1 N–H and O–H groups in total. The maximum Gasteiger partial charge on any atom is 0.167 e. The van der Waals surface area contributed by atoms with Gasteiger partial charge in [-0.2, -0.15) is 5.26 Å². The van der Waals surface area contributed by atoms with Gasteiger partial charge in [-0.05, 0) is 19.1 Å². The Morgan fingerprint density at radius 1 is 1.57 bits per heavy atom. The fourth-order valence-corrected chi connectivity index (χ4v) is 2.24. The van der Waals surface area contributed by atoms with E-state index in [0.717, 1.165) is 16.4 Å². The molecule has 2 rings (SSSR count). The predicted octanol–water partition coefficient (Wildman–Crippen LogP) is 2.97. The first-order chi connectivity index (χ1) is 6.70. The van der Waals surface area contributed by atoms with Crippen LogP contribution in [0.3, 0.4) is 0 Å². The highest BCUT2D eigenvalue weighted by Crippen LogP contribution is 2.31. The number of hydrogen-bond donors (Lipinski definition) is 1. The molecular weight excluding hydrogens is 218 g/mol. The maximum atomic E-state index is 8.84. The van der Waals surface area contributed by atoms with E-state index in [1.54, 1.807) is 6.07 Å². The molecule has 0 bridgehead atoms. The summed E-state index contributed by atoms with van der Waals surface area (Å²) in [5.74, 6) is 0.737. The van der Waals surface area contributed by atoms with Gasteiger partial charge in [-0.25, -0.2) is 4.98 Å². The van der Waals surface area contributed by atoms with Crippen LogP contribution < -0.4 is 0 Å². The second kappa shape index (κ2) is 3.45. The molecule has 0 amide bonds. The van der Waals surface area contributed by atoms with Gasteiger partial charge in [-0.3, -0.25) is 0 Å². The van der Waals surface area contributed by atoms with Crippen LogP contribution in [0.4, 0.5) is 0 Å². The summed E-state index contributed by atoms with van der Waals surface area (Å²) < 4.78 is 0.705. The number of nitrogens with one attached hydrogen (secondary N) is 1. The minimum absolute atomic E-state index is 0.418. The standard InChI is InChI=1S/C9H6ClN3S/c1-5-12-6(4-11)9(13-5)7-2-3-8(10)14-7/h2-3H,1H3,(H,12,13).